The number of anilines is 1. The molecule has 0 spiro atoms. The first-order valence-corrected chi connectivity index (χ1v) is 19.4. The number of halogens is 9. The van der Waals surface area contributed by atoms with Gasteiger partial charge in [0.2, 0.25) is 0 Å². The van der Waals surface area contributed by atoms with Crippen molar-refractivity contribution in [2.45, 2.75) is 61.5 Å². The van der Waals surface area contributed by atoms with Crippen LogP contribution in [0.2, 0.25) is 0 Å². The highest BCUT2D eigenvalue weighted by atomic mass is 32.2. The second kappa shape index (κ2) is 19.6. The summed E-state index contributed by atoms with van der Waals surface area (Å²) in [5.74, 6) is -6.98. The number of nitrogens with zero attached hydrogens (tertiary/aromatic N) is 5. The Balaban J connectivity index is 0.000000365. The lowest BCUT2D eigenvalue weighted by molar-refractivity contribution is -0.193. The first-order chi connectivity index (χ1) is 27.2. The third kappa shape index (κ3) is 13.6. The van der Waals surface area contributed by atoms with E-state index < -0.39 is 46.5 Å². The lowest BCUT2D eigenvalue weighted by atomic mass is 10.1. The van der Waals surface area contributed by atoms with E-state index in [1.807, 2.05) is 56.7 Å². The Labute approximate surface area is 335 Å². The van der Waals surface area contributed by atoms with Crippen molar-refractivity contribution in [1.29, 1.82) is 0 Å². The summed E-state index contributed by atoms with van der Waals surface area (Å²) in [5.41, 5.74) is 2.32. The number of aromatic nitrogens is 4. The van der Waals surface area contributed by atoms with Gasteiger partial charge in [0.25, 0.3) is 10.0 Å². The van der Waals surface area contributed by atoms with Gasteiger partial charge in [0.1, 0.15) is 15.0 Å². The summed E-state index contributed by atoms with van der Waals surface area (Å²) in [5, 5.41) is 25.0. The van der Waals surface area contributed by atoms with E-state index in [9.17, 15) is 47.9 Å². The SMILES string of the molecule is CC(C)N(c1cccc2cc(-c3ncc(CN4CCC(c5ncccn5)C4)s3)[nH]c12)S(=O)(=O)c1cccs1.O=C(O)C(F)(F)F.O=C(O)C(F)(F)F.O=C(O)C(F)(F)F. The fourth-order valence-electron chi connectivity index (χ4n) is 5.07. The number of rotatable bonds is 8. The normalized spacial score (nSPS) is 14.7. The molecule has 0 saturated carbocycles. The number of carbonyl (C=O) groups is 3. The van der Waals surface area contributed by atoms with Crippen LogP contribution in [-0.2, 0) is 31.0 Å². The van der Waals surface area contributed by atoms with Crippen LogP contribution in [0.5, 0.6) is 0 Å². The number of fused-ring (bicyclic) bond motifs is 1. The molecule has 59 heavy (non-hydrogen) atoms. The topological polar surface area (TPSA) is 207 Å². The summed E-state index contributed by atoms with van der Waals surface area (Å²) >= 11 is 2.90. The number of aliphatic carboxylic acids is 3. The average Bonchev–Trinajstić information content (AvgIpc) is 3.96. The Hall–Kier alpha value is -5.34. The molecule has 1 aliphatic heterocycles. The smallest absolute Gasteiger partial charge is 0.475 e. The molecule has 1 unspecified atom stereocenters. The fraction of sp³-hybridized carbons (Fsp3) is 0.333. The van der Waals surface area contributed by atoms with E-state index in [2.05, 4.69) is 25.9 Å². The van der Waals surface area contributed by atoms with E-state index in [-0.39, 0.29) is 6.04 Å². The molecule has 5 heterocycles. The first-order valence-electron chi connectivity index (χ1n) is 16.3. The molecule has 0 amide bonds. The zero-order chi connectivity index (χ0) is 44.5. The Morgan fingerprint density at radius 2 is 1.44 bits per heavy atom. The van der Waals surface area contributed by atoms with Crippen LogP contribution in [0.4, 0.5) is 45.2 Å². The molecule has 14 nitrogen and oxygen atoms in total. The van der Waals surface area contributed by atoms with Gasteiger partial charge >= 0.3 is 36.4 Å². The number of thiophene rings is 1. The quantitative estimate of drug-likeness (QED) is 0.111. The standard InChI is InChI=1S/C27H28N6O2S3.3C2HF3O2/c1-18(2)33(38(34,35)24-8-4-13-36-24)23-7-3-6-19-14-22(31-25(19)23)27-30-15-21(37-27)17-32-12-9-20(16-32)26-28-10-5-11-29-26;3*3-2(4,5)1(6)7/h3-8,10-11,13-15,18,20,31H,9,12,16-17H2,1-2H3;3*(H,6,7). The van der Waals surface area contributed by atoms with Crippen LogP contribution in [-0.4, -0.2) is 104 Å². The molecule has 0 bridgehead atoms. The molecule has 1 saturated heterocycles. The number of carboxylic acids is 3. The number of likely N-dealkylation sites (tertiary alicyclic amines) is 1. The highest BCUT2D eigenvalue weighted by molar-refractivity contribution is 7.94. The highest BCUT2D eigenvalue weighted by Gasteiger charge is 2.39. The van der Waals surface area contributed by atoms with Gasteiger partial charge in [-0.3, -0.25) is 9.21 Å². The minimum Gasteiger partial charge on any atom is -0.475 e. The largest absolute Gasteiger partial charge is 0.490 e. The van der Waals surface area contributed by atoms with Gasteiger partial charge in [-0.2, -0.15) is 39.5 Å². The van der Waals surface area contributed by atoms with Crippen molar-refractivity contribution >= 4 is 67.2 Å². The Morgan fingerprint density at radius 1 is 0.881 bits per heavy atom. The maximum atomic E-state index is 13.5. The number of hydrogen-bond donors (Lipinski definition) is 4. The molecular weight excluding hydrogens is 876 g/mol. The Bertz CT molecular complexity index is 2220. The number of sulfonamides is 1. The van der Waals surface area contributed by atoms with Crippen LogP contribution in [0.15, 0.2) is 70.6 Å². The van der Waals surface area contributed by atoms with Crippen molar-refractivity contribution in [3.05, 3.63) is 77.1 Å². The van der Waals surface area contributed by atoms with E-state index in [4.69, 9.17) is 34.7 Å². The summed E-state index contributed by atoms with van der Waals surface area (Å²) in [7, 11) is -3.69. The Kier molecular flexibility index (Phi) is 16.0. The Morgan fingerprint density at radius 3 is 1.93 bits per heavy atom. The minimum absolute atomic E-state index is 0.253. The van der Waals surface area contributed by atoms with Crippen LogP contribution < -0.4 is 4.31 Å². The highest BCUT2D eigenvalue weighted by Crippen LogP contribution is 2.37. The number of nitrogens with one attached hydrogen (secondary N) is 1. The van der Waals surface area contributed by atoms with Gasteiger partial charge in [-0.05, 0) is 56.5 Å². The molecule has 1 fully saturated rings. The molecule has 1 aliphatic rings. The maximum Gasteiger partial charge on any atom is 0.490 e. The summed E-state index contributed by atoms with van der Waals surface area (Å²) in [6.07, 6.45) is -8.63. The molecule has 322 valence electrons. The number of benzene rings is 1. The van der Waals surface area contributed by atoms with Crippen molar-refractivity contribution in [2.75, 3.05) is 17.4 Å². The average molecular weight is 907 g/mol. The summed E-state index contributed by atoms with van der Waals surface area (Å²) in [4.78, 5) is 47.4. The van der Waals surface area contributed by atoms with Crippen molar-refractivity contribution in [3.8, 4) is 10.7 Å². The molecular formula is C33H31F9N6O8S3. The van der Waals surface area contributed by atoms with E-state index in [1.54, 1.807) is 28.8 Å². The maximum absolute atomic E-state index is 13.5. The number of thiazole rings is 1. The van der Waals surface area contributed by atoms with E-state index >= 15 is 0 Å². The van der Waals surface area contributed by atoms with Gasteiger partial charge in [0.15, 0.2) is 0 Å². The second-order valence-electron chi connectivity index (χ2n) is 12.1. The number of alkyl halides is 9. The van der Waals surface area contributed by atoms with Gasteiger partial charge < -0.3 is 20.3 Å². The molecule has 26 heteroatoms. The third-order valence-corrected chi connectivity index (χ3v) is 11.8. The van der Waals surface area contributed by atoms with Crippen molar-refractivity contribution in [2.24, 2.45) is 0 Å². The lowest BCUT2D eigenvalue weighted by Crippen LogP contribution is -2.36. The molecule has 0 aliphatic carbocycles. The van der Waals surface area contributed by atoms with Gasteiger partial charge in [-0.15, -0.1) is 22.7 Å². The van der Waals surface area contributed by atoms with Crippen LogP contribution >= 0.6 is 22.7 Å². The van der Waals surface area contributed by atoms with Crippen molar-refractivity contribution in [3.63, 3.8) is 0 Å². The van der Waals surface area contributed by atoms with Crippen LogP contribution in [0, 0.1) is 0 Å². The van der Waals surface area contributed by atoms with Gasteiger partial charge in [0.05, 0.1) is 16.9 Å². The zero-order valence-corrected chi connectivity index (χ0v) is 32.5. The molecule has 0 radical (unpaired) electrons. The number of H-pyrrole nitrogens is 1. The number of para-hydroxylation sites is 1. The summed E-state index contributed by atoms with van der Waals surface area (Å²) < 4.78 is 124. The van der Waals surface area contributed by atoms with Gasteiger partial charge in [-0.25, -0.2) is 37.8 Å². The van der Waals surface area contributed by atoms with E-state index in [0.29, 0.717) is 15.8 Å². The second-order valence-corrected chi connectivity index (χ2v) is 16.2. The molecule has 6 rings (SSSR count). The number of aromatic amines is 1. The molecule has 4 aromatic heterocycles. The van der Waals surface area contributed by atoms with Gasteiger partial charge in [0, 0.05) is 53.9 Å². The zero-order valence-electron chi connectivity index (χ0n) is 30.1. The first kappa shape index (κ1) is 48.0. The van der Waals surface area contributed by atoms with Crippen molar-refractivity contribution < 1.29 is 77.6 Å². The minimum atomic E-state index is -5.08. The summed E-state index contributed by atoms with van der Waals surface area (Å²) in [6, 6.07) is 12.8. The fourth-order valence-corrected chi connectivity index (χ4v) is 8.74. The van der Waals surface area contributed by atoms with Crippen molar-refractivity contribution in [1.82, 2.24) is 24.8 Å². The molecule has 5 aromatic rings. The number of hydrogen-bond acceptors (Lipinski definition) is 11. The predicted molar refractivity (Wildman–Crippen MR) is 194 cm³/mol. The van der Waals surface area contributed by atoms with Gasteiger partial charge in [-0.1, -0.05) is 18.2 Å². The number of carboxylic acid groups (broad SMARTS) is 3. The van der Waals surface area contributed by atoms with E-state index in [0.717, 1.165) is 53.5 Å². The lowest BCUT2D eigenvalue weighted by Gasteiger charge is -2.28. The third-order valence-electron chi connectivity index (χ3n) is 7.46. The molecule has 4 N–H and O–H groups in total. The molecule has 1 atom stereocenters. The van der Waals surface area contributed by atoms with Crippen LogP contribution in [0.1, 0.15) is 36.9 Å². The van der Waals surface area contributed by atoms with Crippen LogP contribution in [0.25, 0.3) is 21.6 Å². The van der Waals surface area contributed by atoms with E-state index in [1.165, 1.54) is 20.5 Å². The molecule has 1 aromatic carbocycles. The van der Waals surface area contributed by atoms with Crippen LogP contribution in [0.3, 0.4) is 0 Å². The summed E-state index contributed by atoms with van der Waals surface area (Å²) in [6.45, 7) is 6.58. The predicted octanol–water partition coefficient (Wildman–Crippen LogP) is 7.64. The monoisotopic (exact) mass is 906 g/mol.